The van der Waals surface area contributed by atoms with Crippen molar-refractivity contribution >= 4 is 35.1 Å². The molecule has 1 aromatic heterocycles. The van der Waals surface area contributed by atoms with E-state index in [0.29, 0.717) is 5.75 Å². The van der Waals surface area contributed by atoms with Crippen LogP contribution in [0.1, 0.15) is 23.7 Å². The molecule has 8 nitrogen and oxygen atoms in total. The lowest BCUT2D eigenvalue weighted by Gasteiger charge is -2.12. The van der Waals surface area contributed by atoms with Gasteiger partial charge in [0.15, 0.2) is 16.7 Å². The lowest BCUT2D eigenvalue weighted by molar-refractivity contribution is -0.115. The van der Waals surface area contributed by atoms with E-state index in [1.54, 1.807) is 6.92 Å². The fourth-order valence-electron chi connectivity index (χ4n) is 1.88. The topological polar surface area (TPSA) is 124 Å². The van der Waals surface area contributed by atoms with Gasteiger partial charge in [0.1, 0.15) is 5.82 Å². The number of thioether (sulfide) groups is 1. The number of anilines is 2. The van der Waals surface area contributed by atoms with Gasteiger partial charge in [-0.1, -0.05) is 18.7 Å². The van der Waals surface area contributed by atoms with Crippen LogP contribution < -0.4 is 16.2 Å². The Morgan fingerprint density at radius 3 is 2.58 bits per heavy atom. The molecule has 0 saturated heterocycles. The molecule has 0 aliphatic heterocycles. The Labute approximate surface area is 152 Å². The summed E-state index contributed by atoms with van der Waals surface area (Å²) in [6.07, 6.45) is 0.152. The van der Waals surface area contributed by atoms with Gasteiger partial charge in [0.25, 0.3) is 11.5 Å². The monoisotopic (exact) mass is 380 g/mol. The molecule has 138 valence electrons. The fraction of sp³-hybridized carbons (Fsp3) is 0.250. The number of nitrogens with one attached hydrogen (secondary N) is 3. The summed E-state index contributed by atoms with van der Waals surface area (Å²) in [4.78, 5) is 42.9. The molecule has 0 aliphatic carbocycles. The summed E-state index contributed by atoms with van der Waals surface area (Å²) in [6, 6.07) is 4.77. The molecule has 0 aliphatic rings. The zero-order valence-corrected chi connectivity index (χ0v) is 14.7. The van der Waals surface area contributed by atoms with Crippen LogP contribution in [0.3, 0.4) is 0 Å². The van der Waals surface area contributed by atoms with Gasteiger partial charge in [0, 0.05) is 17.7 Å². The Kier molecular flexibility index (Phi) is 6.87. The largest absolute Gasteiger partial charge is 0.396 e. The lowest BCUT2D eigenvalue weighted by atomic mass is 10.2. The summed E-state index contributed by atoms with van der Waals surface area (Å²) in [5, 5.41) is 13.9. The number of carbonyl (C=O) groups is 2. The van der Waals surface area contributed by atoms with E-state index < -0.39 is 23.2 Å². The third-order valence-electron chi connectivity index (χ3n) is 3.15. The first-order valence-electron chi connectivity index (χ1n) is 7.69. The summed E-state index contributed by atoms with van der Waals surface area (Å²) >= 11 is 1.09. The van der Waals surface area contributed by atoms with Gasteiger partial charge in [0.2, 0.25) is 5.91 Å². The average molecular weight is 380 g/mol. The summed E-state index contributed by atoms with van der Waals surface area (Å²) < 4.78 is 13.0. The van der Waals surface area contributed by atoms with Gasteiger partial charge < -0.3 is 15.7 Å². The van der Waals surface area contributed by atoms with Crippen molar-refractivity contribution in [1.29, 1.82) is 0 Å². The number of benzene rings is 1. The summed E-state index contributed by atoms with van der Waals surface area (Å²) in [5.74, 6) is -1.34. The zero-order valence-electron chi connectivity index (χ0n) is 13.8. The highest BCUT2D eigenvalue weighted by Gasteiger charge is 2.17. The zero-order chi connectivity index (χ0) is 19.1. The number of nitrogens with zero attached hydrogens (tertiary/aromatic N) is 1. The first-order valence-corrected chi connectivity index (χ1v) is 8.68. The maximum absolute atomic E-state index is 13.0. The molecule has 0 atom stereocenters. The molecule has 4 N–H and O–H groups in total. The third kappa shape index (κ3) is 5.14. The van der Waals surface area contributed by atoms with Crippen LogP contribution in [0, 0.1) is 5.82 Å². The number of aliphatic hydroxyl groups is 1. The second-order valence-corrected chi connectivity index (χ2v) is 6.11. The van der Waals surface area contributed by atoms with Crippen molar-refractivity contribution in [2.45, 2.75) is 18.5 Å². The van der Waals surface area contributed by atoms with Crippen molar-refractivity contribution in [1.82, 2.24) is 9.97 Å². The lowest BCUT2D eigenvalue weighted by Crippen LogP contribution is -2.25. The molecular weight excluding hydrogens is 363 g/mol. The Bertz CT molecular complexity index is 854. The van der Waals surface area contributed by atoms with Crippen molar-refractivity contribution in [3.63, 3.8) is 0 Å². The van der Waals surface area contributed by atoms with Gasteiger partial charge in [-0.05, 0) is 24.3 Å². The molecule has 0 radical (unpaired) electrons. The number of aromatic nitrogens is 2. The van der Waals surface area contributed by atoms with Gasteiger partial charge in [-0.15, -0.1) is 0 Å². The van der Waals surface area contributed by atoms with Crippen molar-refractivity contribution in [3.05, 3.63) is 46.0 Å². The molecule has 1 heterocycles. The van der Waals surface area contributed by atoms with Crippen molar-refractivity contribution in [2.75, 3.05) is 23.0 Å². The number of aromatic amines is 1. The smallest absolute Gasteiger partial charge is 0.277 e. The first kappa shape index (κ1) is 19.6. The molecule has 1 aromatic carbocycles. The van der Waals surface area contributed by atoms with Crippen molar-refractivity contribution in [3.8, 4) is 0 Å². The molecule has 0 bridgehead atoms. The predicted octanol–water partition coefficient (Wildman–Crippen LogP) is 1.59. The minimum Gasteiger partial charge on any atom is -0.396 e. The van der Waals surface area contributed by atoms with E-state index in [-0.39, 0.29) is 35.3 Å². The van der Waals surface area contributed by atoms with Crippen LogP contribution in [0.15, 0.2) is 34.2 Å². The second kappa shape index (κ2) is 9.11. The minimum atomic E-state index is -0.665. The number of hydrogen-bond acceptors (Lipinski definition) is 6. The highest BCUT2D eigenvalue weighted by molar-refractivity contribution is 7.99. The fourth-order valence-corrected chi connectivity index (χ4v) is 2.48. The van der Waals surface area contributed by atoms with Crippen LogP contribution in [0.25, 0.3) is 0 Å². The van der Waals surface area contributed by atoms with Crippen LogP contribution in [-0.4, -0.2) is 39.2 Å². The van der Waals surface area contributed by atoms with E-state index in [2.05, 4.69) is 20.6 Å². The van der Waals surface area contributed by atoms with Crippen LogP contribution in [0.2, 0.25) is 0 Å². The number of rotatable bonds is 7. The van der Waals surface area contributed by atoms with Crippen molar-refractivity contribution in [2.24, 2.45) is 0 Å². The van der Waals surface area contributed by atoms with E-state index in [1.165, 1.54) is 12.1 Å². The normalized spacial score (nSPS) is 10.4. The third-order valence-corrected chi connectivity index (χ3v) is 4.01. The van der Waals surface area contributed by atoms with E-state index >= 15 is 0 Å². The molecule has 10 heteroatoms. The highest BCUT2D eigenvalue weighted by atomic mass is 32.2. The Morgan fingerprint density at radius 2 is 1.96 bits per heavy atom. The van der Waals surface area contributed by atoms with Gasteiger partial charge >= 0.3 is 0 Å². The summed E-state index contributed by atoms with van der Waals surface area (Å²) in [7, 11) is 0. The van der Waals surface area contributed by atoms with Crippen LogP contribution >= 0.6 is 11.8 Å². The molecule has 0 saturated carbocycles. The molecule has 2 rings (SSSR count). The van der Waals surface area contributed by atoms with E-state index in [4.69, 9.17) is 5.11 Å². The molecule has 0 unspecified atom stereocenters. The Morgan fingerprint density at radius 1 is 1.27 bits per heavy atom. The first-order chi connectivity index (χ1) is 12.4. The predicted molar refractivity (Wildman–Crippen MR) is 95.9 cm³/mol. The minimum absolute atomic E-state index is 0.100. The molecule has 2 amide bonds. The Hall–Kier alpha value is -2.72. The molecule has 0 spiro atoms. The number of amides is 2. The maximum Gasteiger partial charge on any atom is 0.277 e. The Balaban J connectivity index is 2.35. The standard InChI is InChI=1S/C16H17FN4O4S/c1-2-11(23)18-13-12(15(25)21-16(20-13)26-8-7-22)19-14(24)9-3-5-10(17)6-4-9/h3-6,22H,2,7-8H2,1H3,(H,19,24)(H2,18,20,21,23,25). The number of hydrogen-bond donors (Lipinski definition) is 4. The van der Waals surface area contributed by atoms with Gasteiger partial charge in [-0.2, -0.15) is 0 Å². The van der Waals surface area contributed by atoms with E-state index in [0.717, 1.165) is 23.9 Å². The number of H-pyrrole nitrogens is 1. The number of carbonyl (C=O) groups excluding carboxylic acids is 2. The molecule has 2 aromatic rings. The summed E-state index contributed by atoms with van der Waals surface area (Å²) in [5.41, 5.74) is -0.755. The molecular formula is C16H17FN4O4S. The SMILES string of the molecule is CCC(=O)Nc1nc(SCCO)[nH]c(=O)c1NC(=O)c1ccc(F)cc1. The molecule has 0 fully saturated rings. The van der Waals surface area contributed by atoms with Crippen LogP contribution in [0.4, 0.5) is 15.9 Å². The second-order valence-electron chi connectivity index (χ2n) is 5.03. The maximum atomic E-state index is 13.0. The quantitative estimate of drug-likeness (QED) is 0.427. The van der Waals surface area contributed by atoms with Gasteiger partial charge in [0.05, 0.1) is 6.61 Å². The average Bonchev–Trinajstić information content (AvgIpc) is 2.63. The van der Waals surface area contributed by atoms with Crippen molar-refractivity contribution < 1.29 is 19.1 Å². The van der Waals surface area contributed by atoms with Crippen LogP contribution in [-0.2, 0) is 4.79 Å². The number of halogens is 1. The highest BCUT2D eigenvalue weighted by Crippen LogP contribution is 2.20. The summed E-state index contributed by atoms with van der Waals surface area (Å²) in [6.45, 7) is 1.51. The number of aliphatic hydroxyl groups excluding tert-OH is 1. The van der Waals surface area contributed by atoms with E-state index in [1.807, 2.05) is 0 Å². The van der Waals surface area contributed by atoms with E-state index in [9.17, 15) is 18.8 Å². The van der Waals surface area contributed by atoms with Gasteiger partial charge in [-0.3, -0.25) is 19.4 Å². The van der Waals surface area contributed by atoms with Crippen LogP contribution in [0.5, 0.6) is 0 Å². The molecule has 26 heavy (non-hydrogen) atoms. The van der Waals surface area contributed by atoms with Gasteiger partial charge in [-0.25, -0.2) is 9.37 Å².